The van der Waals surface area contributed by atoms with E-state index >= 15 is 0 Å². The summed E-state index contributed by atoms with van der Waals surface area (Å²) in [4.78, 5) is 43.6. The molecule has 1 aliphatic heterocycles. The summed E-state index contributed by atoms with van der Waals surface area (Å²) in [6.45, 7) is 16.2. The molecule has 1 unspecified atom stereocenters. The number of nitriles is 1. The second-order valence-electron chi connectivity index (χ2n) is 13.1. The van der Waals surface area contributed by atoms with Crippen molar-refractivity contribution in [2.24, 2.45) is 0 Å². The number of carbonyl (C=O) groups is 3. The van der Waals surface area contributed by atoms with Crippen LogP contribution in [-0.2, 0) is 35.1 Å². The Labute approximate surface area is 360 Å². The van der Waals surface area contributed by atoms with E-state index in [4.69, 9.17) is 34.1 Å². The van der Waals surface area contributed by atoms with Gasteiger partial charge in [0.15, 0.2) is 0 Å². The number of aryl methyl sites for hydroxylation is 2. The molecule has 0 saturated carbocycles. The van der Waals surface area contributed by atoms with Gasteiger partial charge in [0.1, 0.15) is 11.1 Å². The van der Waals surface area contributed by atoms with E-state index in [1.54, 1.807) is 6.07 Å². The zero-order valence-electron chi connectivity index (χ0n) is 35.8. The van der Waals surface area contributed by atoms with E-state index in [2.05, 4.69) is 49.4 Å². The average molecular weight is 855 g/mol. The normalized spacial score (nSPS) is 15.2. The van der Waals surface area contributed by atoms with Crippen molar-refractivity contribution in [3.63, 3.8) is 0 Å². The van der Waals surface area contributed by atoms with Crippen LogP contribution in [0.4, 0.5) is 0 Å². The molecule has 1 fully saturated rings. The van der Waals surface area contributed by atoms with Crippen LogP contribution in [0.15, 0.2) is 60.7 Å². The molecular formula is C44H66N6O9S. The molecule has 16 heteroatoms. The van der Waals surface area contributed by atoms with Crippen LogP contribution in [0.25, 0.3) is 0 Å². The molecule has 1 aromatic carbocycles. The van der Waals surface area contributed by atoms with Crippen molar-refractivity contribution in [3.05, 3.63) is 94.6 Å². The van der Waals surface area contributed by atoms with E-state index in [-0.39, 0.29) is 18.2 Å². The van der Waals surface area contributed by atoms with Crippen LogP contribution < -0.4 is 5.32 Å². The van der Waals surface area contributed by atoms with Crippen molar-refractivity contribution in [1.29, 1.82) is 5.26 Å². The summed E-state index contributed by atoms with van der Waals surface area (Å²) in [7, 11) is 0. The first-order chi connectivity index (χ1) is 29.3. The molecule has 1 atom stereocenters. The lowest BCUT2D eigenvalue weighted by Crippen LogP contribution is -2.36. The number of carboxylic acid groups (broad SMARTS) is 2. The minimum absolute atomic E-state index is 0.0199. The number of nitrogens with zero attached hydrogens (tertiary/aromatic N) is 5. The molecule has 332 valence electrons. The Morgan fingerprint density at radius 2 is 1.38 bits per heavy atom. The lowest BCUT2D eigenvalue weighted by Gasteiger charge is -2.32. The van der Waals surface area contributed by atoms with Crippen molar-refractivity contribution in [1.82, 2.24) is 25.1 Å². The van der Waals surface area contributed by atoms with E-state index in [1.165, 1.54) is 17.8 Å². The highest BCUT2D eigenvalue weighted by Gasteiger charge is 2.25. The van der Waals surface area contributed by atoms with Gasteiger partial charge in [-0.05, 0) is 68.3 Å². The molecule has 0 bridgehead atoms. The first-order valence-corrected chi connectivity index (χ1v) is 21.5. The molecule has 0 aliphatic carbocycles. The highest BCUT2D eigenvalue weighted by molar-refractivity contribution is 8.03. The molecule has 15 nitrogen and oxygen atoms in total. The number of thiocyanates is 1. The molecule has 0 spiro atoms. The number of pyridine rings is 2. The summed E-state index contributed by atoms with van der Waals surface area (Å²) in [5.74, 6) is -0.122. The number of benzene rings is 1. The zero-order chi connectivity index (χ0) is 44.1. The van der Waals surface area contributed by atoms with Crippen LogP contribution in [0.1, 0.15) is 84.3 Å². The Hall–Kier alpha value is -4.47. The van der Waals surface area contributed by atoms with E-state index < -0.39 is 5.97 Å². The number of amides is 1. The maximum atomic E-state index is 11.7. The predicted molar refractivity (Wildman–Crippen MR) is 234 cm³/mol. The summed E-state index contributed by atoms with van der Waals surface area (Å²) in [5, 5.41) is 29.3. The van der Waals surface area contributed by atoms with Gasteiger partial charge >= 0.3 is 5.97 Å². The number of hydrogen-bond acceptors (Lipinski definition) is 13. The highest BCUT2D eigenvalue weighted by Crippen LogP contribution is 2.28. The Bertz CT molecular complexity index is 1580. The van der Waals surface area contributed by atoms with Gasteiger partial charge in [-0.15, -0.1) is 0 Å². The Morgan fingerprint density at radius 3 is 1.93 bits per heavy atom. The van der Waals surface area contributed by atoms with Crippen LogP contribution >= 0.6 is 11.8 Å². The number of rotatable bonds is 14. The second kappa shape index (κ2) is 36.4. The fraction of sp³-hybridized carbons (Fsp3) is 0.545. The minimum atomic E-state index is -1.05. The number of thioether (sulfide) groups is 1. The maximum Gasteiger partial charge on any atom is 0.354 e. The topological polar surface area (TPSA) is 197 Å². The Kier molecular flexibility index (Phi) is 32.5. The third-order valence-corrected chi connectivity index (χ3v) is 9.34. The molecule has 60 heavy (non-hydrogen) atoms. The van der Waals surface area contributed by atoms with Crippen molar-refractivity contribution < 1.29 is 43.5 Å². The van der Waals surface area contributed by atoms with Gasteiger partial charge in [0, 0.05) is 50.7 Å². The summed E-state index contributed by atoms with van der Waals surface area (Å²) >= 11 is 1.31. The van der Waals surface area contributed by atoms with Gasteiger partial charge in [-0.3, -0.25) is 24.4 Å². The average Bonchev–Trinajstić information content (AvgIpc) is 3.25. The summed E-state index contributed by atoms with van der Waals surface area (Å²) in [6, 6.07) is 19.2. The fourth-order valence-corrected chi connectivity index (χ4v) is 6.29. The zero-order valence-corrected chi connectivity index (χ0v) is 36.7. The molecule has 1 amide bonds. The van der Waals surface area contributed by atoms with Crippen LogP contribution in [0, 0.1) is 24.5 Å². The fourth-order valence-electron chi connectivity index (χ4n) is 5.85. The number of hydrogen-bond donors (Lipinski definition) is 3. The number of ether oxygens (including phenoxy) is 4. The first kappa shape index (κ1) is 53.5. The number of carboxylic acids is 1. The number of carbonyl (C=O) groups excluding carboxylic acids is 1. The van der Waals surface area contributed by atoms with Gasteiger partial charge in [0.05, 0.1) is 70.3 Å². The number of unbranched alkanes of at least 4 members (excludes halogenated alkanes) is 3. The van der Waals surface area contributed by atoms with Crippen LogP contribution in [0.2, 0.25) is 0 Å². The molecule has 3 aromatic rings. The number of nitrogens with one attached hydrogen (secondary N) is 1. The van der Waals surface area contributed by atoms with Crippen molar-refractivity contribution in [2.45, 2.75) is 66.0 Å². The molecule has 2 aromatic heterocycles. The number of aromatic nitrogens is 2. The maximum absolute atomic E-state index is 11.7. The molecule has 3 N–H and O–H groups in total. The minimum Gasteiger partial charge on any atom is -0.483 e. The van der Waals surface area contributed by atoms with E-state index in [0.29, 0.717) is 71.6 Å². The van der Waals surface area contributed by atoms with Gasteiger partial charge in [0.2, 0.25) is 6.41 Å². The van der Waals surface area contributed by atoms with Crippen molar-refractivity contribution in [2.75, 3.05) is 91.3 Å². The SMILES string of the molecule is CC.Cc1ccc(C(c2cccc(C(=O)O)n2)N2CCOCCOCCN(Cc3cccc(C)n3)CCOCCOCC2)cc1.N#CSCCCCCCNC=O.O=CO. The molecule has 4 rings (SSSR count). The monoisotopic (exact) mass is 854 g/mol. The summed E-state index contributed by atoms with van der Waals surface area (Å²) in [6.07, 6.45) is 5.14. The second-order valence-corrected chi connectivity index (χ2v) is 14.0. The van der Waals surface area contributed by atoms with Gasteiger partial charge in [-0.25, -0.2) is 9.78 Å². The molecule has 3 heterocycles. The lowest BCUT2D eigenvalue weighted by atomic mass is 9.99. The Morgan fingerprint density at radius 1 is 0.817 bits per heavy atom. The predicted octanol–water partition coefficient (Wildman–Crippen LogP) is 6.00. The first-order valence-electron chi connectivity index (χ1n) is 20.5. The van der Waals surface area contributed by atoms with E-state index in [1.807, 2.05) is 57.4 Å². The molecular weight excluding hydrogens is 789 g/mol. The Balaban J connectivity index is 0.000000896. The largest absolute Gasteiger partial charge is 0.483 e. The van der Waals surface area contributed by atoms with Crippen molar-refractivity contribution >= 4 is 30.6 Å². The molecule has 1 saturated heterocycles. The molecule has 0 radical (unpaired) electrons. The summed E-state index contributed by atoms with van der Waals surface area (Å²) < 4.78 is 23.8. The quantitative estimate of drug-likeness (QED) is 0.0970. The molecule has 1 aliphatic rings. The van der Waals surface area contributed by atoms with Gasteiger partial charge < -0.3 is 34.5 Å². The van der Waals surface area contributed by atoms with Gasteiger partial charge in [-0.2, -0.15) is 5.26 Å². The van der Waals surface area contributed by atoms with Crippen LogP contribution in [0.5, 0.6) is 0 Å². The smallest absolute Gasteiger partial charge is 0.354 e. The van der Waals surface area contributed by atoms with Crippen LogP contribution in [-0.4, -0.2) is 140 Å². The third-order valence-electron chi connectivity index (χ3n) is 8.72. The standard InChI is InChI=1S/C33H44N4O6.C8H14N2OS.C2H6.CH2O2/c1-26-9-11-28(12-10-26)32(30-7-4-8-31(35-30)33(38)39)37-15-19-42-23-21-40-17-13-36(14-18-41-22-24-43-20-16-37)25-29-6-3-5-27(2)34-29;9-7-12-6-4-2-1-3-5-10-8-11;1-2;2-1-3/h3-12,32H,13-25H2,1-2H3,(H,38,39);8H,1-6H2,(H,10,11);1-2H3;1H,(H,2,3). The number of aromatic carboxylic acids is 1. The highest BCUT2D eigenvalue weighted by atomic mass is 32.2. The van der Waals surface area contributed by atoms with Crippen molar-refractivity contribution in [3.8, 4) is 5.40 Å². The summed E-state index contributed by atoms with van der Waals surface area (Å²) in [5.41, 5.74) is 4.91. The van der Waals surface area contributed by atoms with E-state index in [9.17, 15) is 14.7 Å². The van der Waals surface area contributed by atoms with E-state index in [0.717, 1.165) is 86.5 Å². The van der Waals surface area contributed by atoms with Gasteiger partial charge in [0.25, 0.3) is 6.47 Å². The third kappa shape index (κ3) is 25.2. The van der Waals surface area contributed by atoms with Crippen LogP contribution in [0.3, 0.4) is 0 Å². The van der Waals surface area contributed by atoms with Gasteiger partial charge in [-0.1, -0.05) is 68.7 Å². The lowest BCUT2D eigenvalue weighted by molar-refractivity contribution is -0.122.